The third-order valence-electron chi connectivity index (χ3n) is 4.61. The van der Waals surface area contributed by atoms with E-state index in [-0.39, 0.29) is 5.97 Å². The van der Waals surface area contributed by atoms with E-state index in [4.69, 9.17) is 0 Å². The standard InChI is InChI=1S/C28H40O4/c1-3-21-26(29)23-20-24-27(30)22-18-16-14-12-10-8-6-4-5-7-9-11-13-15-17-19-25-28(31)32-2/h4-5,8,10,26-27,29-30H,3,6-7,9,11-13,15,17,19,21,23,25H2,1-2H3/b5-4-,10-8-. The van der Waals surface area contributed by atoms with E-state index in [0.29, 0.717) is 25.7 Å². The van der Waals surface area contributed by atoms with Crippen LogP contribution in [0.4, 0.5) is 0 Å². The number of ether oxygens (including phenoxy) is 1. The number of rotatable bonds is 15. The zero-order chi connectivity index (χ0) is 23.7. The third kappa shape index (κ3) is 22.2. The Balaban J connectivity index is 3.68. The molecule has 0 fully saturated rings. The number of hydrogen-bond donors (Lipinski definition) is 2. The second-order valence-corrected chi connectivity index (χ2v) is 7.56. The molecule has 0 bridgehead atoms. The molecule has 0 radical (unpaired) electrons. The molecule has 0 aromatic heterocycles. The largest absolute Gasteiger partial charge is 0.469 e. The highest BCUT2D eigenvalue weighted by Crippen LogP contribution is 2.09. The average Bonchev–Trinajstić information content (AvgIpc) is 2.78. The Hall–Kier alpha value is -2.45. The molecule has 0 saturated heterocycles. The summed E-state index contributed by atoms with van der Waals surface area (Å²) in [6.07, 6.45) is 19.1. The average molecular weight is 441 g/mol. The molecule has 4 heteroatoms. The lowest BCUT2D eigenvalue weighted by molar-refractivity contribution is -0.140. The molecule has 0 saturated carbocycles. The molecule has 4 nitrogen and oxygen atoms in total. The lowest BCUT2D eigenvalue weighted by atomic mass is 10.1. The summed E-state index contributed by atoms with van der Waals surface area (Å²) in [6.45, 7) is 2.01. The van der Waals surface area contributed by atoms with Gasteiger partial charge in [0.2, 0.25) is 0 Å². The molecule has 0 aliphatic carbocycles. The summed E-state index contributed by atoms with van der Waals surface area (Å²) in [5.74, 6) is 16.0. The van der Waals surface area contributed by atoms with Crippen molar-refractivity contribution in [1.82, 2.24) is 0 Å². The number of aliphatic hydroxyl groups is 2. The topological polar surface area (TPSA) is 66.8 Å². The van der Waals surface area contributed by atoms with Crippen molar-refractivity contribution in [3.8, 4) is 35.5 Å². The summed E-state index contributed by atoms with van der Waals surface area (Å²) in [6, 6.07) is 0. The van der Waals surface area contributed by atoms with Crippen molar-refractivity contribution in [3.63, 3.8) is 0 Å². The van der Waals surface area contributed by atoms with Crippen LogP contribution in [-0.2, 0) is 9.53 Å². The highest BCUT2D eigenvalue weighted by atomic mass is 16.5. The van der Waals surface area contributed by atoms with Crippen LogP contribution in [0.5, 0.6) is 0 Å². The van der Waals surface area contributed by atoms with Crippen molar-refractivity contribution in [2.75, 3.05) is 7.11 Å². The van der Waals surface area contributed by atoms with Crippen molar-refractivity contribution in [1.29, 1.82) is 0 Å². The summed E-state index contributed by atoms with van der Waals surface area (Å²) in [7, 11) is 1.44. The zero-order valence-electron chi connectivity index (χ0n) is 19.9. The minimum Gasteiger partial charge on any atom is -0.469 e. The first kappa shape index (κ1) is 29.5. The summed E-state index contributed by atoms with van der Waals surface area (Å²) < 4.78 is 4.63. The Bertz CT molecular complexity index is 716. The van der Waals surface area contributed by atoms with Gasteiger partial charge in [0.25, 0.3) is 0 Å². The minimum atomic E-state index is -1.02. The van der Waals surface area contributed by atoms with E-state index in [0.717, 1.165) is 32.1 Å². The number of hydrogen-bond acceptors (Lipinski definition) is 4. The monoisotopic (exact) mass is 440 g/mol. The predicted octanol–water partition coefficient (Wildman–Crippen LogP) is 5.10. The molecule has 0 aromatic rings. The van der Waals surface area contributed by atoms with Crippen LogP contribution >= 0.6 is 0 Å². The van der Waals surface area contributed by atoms with Gasteiger partial charge in [-0.3, -0.25) is 4.79 Å². The molecule has 0 aromatic carbocycles. The molecule has 0 amide bonds. The van der Waals surface area contributed by atoms with Gasteiger partial charge in [0.15, 0.2) is 6.10 Å². The second kappa shape index (κ2) is 23.2. The van der Waals surface area contributed by atoms with Crippen molar-refractivity contribution in [2.24, 2.45) is 0 Å². The zero-order valence-corrected chi connectivity index (χ0v) is 19.9. The van der Waals surface area contributed by atoms with E-state index >= 15 is 0 Å². The van der Waals surface area contributed by atoms with Gasteiger partial charge in [0.1, 0.15) is 0 Å². The van der Waals surface area contributed by atoms with E-state index in [1.165, 1.54) is 32.8 Å². The fraction of sp³-hybridized carbons (Fsp3) is 0.607. The Kier molecular flexibility index (Phi) is 21.4. The fourth-order valence-electron chi connectivity index (χ4n) is 2.82. The number of methoxy groups -OCH3 is 1. The summed E-state index contributed by atoms with van der Waals surface area (Å²) in [5, 5.41) is 19.2. The van der Waals surface area contributed by atoms with E-state index in [1.54, 1.807) is 0 Å². The Labute approximate surface area is 195 Å². The van der Waals surface area contributed by atoms with Gasteiger partial charge in [-0.1, -0.05) is 81.1 Å². The number of esters is 1. The minimum absolute atomic E-state index is 0.110. The van der Waals surface area contributed by atoms with Crippen molar-refractivity contribution in [3.05, 3.63) is 24.3 Å². The number of aliphatic hydroxyl groups excluding tert-OH is 2. The normalized spacial score (nSPS) is 12.2. The van der Waals surface area contributed by atoms with Gasteiger partial charge in [0, 0.05) is 19.3 Å². The van der Waals surface area contributed by atoms with Gasteiger partial charge < -0.3 is 14.9 Å². The Morgan fingerprint density at radius 2 is 1.62 bits per heavy atom. The van der Waals surface area contributed by atoms with E-state index in [9.17, 15) is 15.0 Å². The molecular weight excluding hydrogens is 400 g/mol. The first-order valence-electron chi connectivity index (χ1n) is 11.8. The molecular formula is C28H40O4. The lowest BCUT2D eigenvalue weighted by Crippen LogP contribution is -2.04. The number of unbranched alkanes of at least 4 members (excludes halogenated alkanes) is 6. The predicted molar refractivity (Wildman–Crippen MR) is 131 cm³/mol. The van der Waals surface area contributed by atoms with Gasteiger partial charge in [-0.15, -0.1) is 0 Å². The van der Waals surface area contributed by atoms with Crippen LogP contribution in [0.2, 0.25) is 0 Å². The fourth-order valence-corrected chi connectivity index (χ4v) is 2.82. The molecule has 2 atom stereocenters. The molecule has 2 unspecified atom stereocenters. The highest BCUT2D eigenvalue weighted by Gasteiger charge is 1.99. The maximum absolute atomic E-state index is 11.0. The maximum Gasteiger partial charge on any atom is 0.305 e. The van der Waals surface area contributed by atoms with Gasteiger partial charge in [-0.25, -0.2) is 0 Å². The number of carbonyl (C=O) groups is 1. The summed E-state index contributed by atoms with van der Waals surface area (Å²) in [5.41, 5.74) is 0. The number of carbonyl (C=O) groups excluding carboxylic acids is 1. The van der Waals surface area contributed by atoms with Gasteiger partial charge in [-0.05, 0) is 49.9 Å². The van der Waals surface area contributed by atoms with Crippen molar-refractivity contribution in [2.45, 2.75) is 103 Å². The van der Waals surface area contributed by atoms with Crippen LogP contribution in [0.1, 0.15) is 90.4 Å². The maximum atomic E-state index is 11.0. The van der Waals surface area contributed by atoms with Crippen LogP contribution in [0.15, 0.2) is 24.3 Å². The Morgan fingerprint density at radius 1 is 0.906 bits per heavy atom. The van der Waals surface area contributed by atoms with Gasteiger partial charge in [0.05, 0.1) is 13.2 Å². The summed E-state index contributed by atoms with van der Waals surface area (Å²) in [4.78, 5) is 11.0. The van der Waals surface area contributed by atoms with Crippen LogP contribution < -0.4 is 0 Å². The summed E-state index contributed by atoms with van der Waals surface area (Å²) >= 11 is 0. The first-order valence-corrected chi connectivity index (χ1v) is 11.8. The molecule has 0 aliphatic rings. The molecule has 0 rings (SSSR count). The molecule has 0 spiro atoms. The van der Waals surface area contributed by atoms with Gasteiger partial charge in [-0.2, -0.15) is 0 Å². The van der Waals surface area contributed by atoms with Crippen LogP contribution in [-0.4, -0.2) is 35.5 Å². The van der Waals surface area contributed by atoms with E-state index in [1.807, 2.05) is 13.0 Å². The first-order chi connectivity index (χ1) is 15.6. The second-order valence-electron chi connectivity index (χ2n) is 7.56. The lowest BCUT2D eigenvalue weighted by Gasteiger charge is -2.02. The van der Waals surface area contributed by atoms with Crippen molar-refractivity contribution < 1.29 is 19.7 Å². The SMILES string of the molecule is CCCC(O)CC#CC(O)C#CC#CC/C=C\C/C=C\CCCCCCCCC(=O)OC. The molecule has 0 aliphatic heterocycles. The molecule has 0 heterocycles. The smallest absolute Gasteiger partial charge is 0.305 e. The molecule has 2 N–H and O–H groups in total. The number of allylic oxidation sites excluding steroid dienone is 4. The van der Waals surface area contributed by atoms with E-state index < -0.39 is 12.2 Å². The molecule has 32 heavy (non-hydrogen) atoms. The van der Waals surface area contributed by atoms with Crippen LogP contribution in [0, 0.1) is 35.5 Å². The quantitative estimate of drug-likeness (QED) is 0.161. The van der Waals surface area contributed by atoms with Crippen LogP contribution in [0.3, 0.4) is 0 Å². The van der Waals surface area contributed by atoms with Crippen molar-refractivity contribution >= 4 is 5.97 Å². The highest BCUT2D eigenvalue weighted by molar-refractivity contribution is 5.68. The molecule has 176 valence electrons. The van der Waals surface area contributed by atoms with Gasteiger partial charge >= 0.3 is 5.97 Å². The van der Waals surface area contributed by atoms with Crippen LogP contribution in [0.25, 0.3) is 0 Å². The Morgan fingerprint density at radius 3 is 2.38 bits per heavy atom. The third-order valence-corrected chi connectivity index (χ3v) is 4.61. The van der Waals surface area contributed by atoms with E-state index in [2.05, 4.69) is 58.5 Å².